The Bertz CT molecular complexity index is 4600. The smallest absolute Gasteiger partial charge is 0.306 e. The van der Waals surface area contributed by atoms with Crippen molar-refractivity contribution >= 4 is 82.1 Å². The SMILES string of the molecule is C=C(CCCCCCC)CC[C@@H]1[C@H]2C/C=C\CCCC(=O)O[C@H]2C[C@H]1C.C[C@@H]1C[C@@H]2OC(=O)CCC/C=C\C[C@@H]2[C@H]1/C=C/C(F)(F)COc1ccccc1.C[C@@H]1C[C@@H]2OC(=O)CCC/C=C\C[C@@H]2[C@H]1/C=C/[C@H](COc1cccc(CF)c1)OPP.C[C@@H]1C[C@@H]2OC(=O)CCC/C=C\C[C@@H]2[C@H]1/C=C/[C@H](COc1ccccc1)OPP.C[C@@H]1C[C@@H]2OC(=O)CCC/C=C\C[C@@H]2[C@H]1CC[C@H](COc1ccccc1)OPP. The van der Waals surface area contributed by atoms with Gasteiger partial charge in [-0.05, 0) is 286 Å². The summed E-state index contributed by atoms with van der Waals surface area (Å²) in [6, 6.07) is 35.4. The first-order chi connectivity index (χ1) is 69.5. The Hall–Kier alpha value is -6.66. The minimum Gasteiger partial charge on any atom is -0.491 e. The molecule has 5 fully saturated rings. The molecule has 29 atom stereocenters. The molecule has 143 heavy (non-hydrogen) atoms. The van der Waals surface area contributed by atoms with Gasteiger partial charge in [0.15, 0.2) is 6.61 Å². The van der Waals surface area contributed by atoms with Gasteiger partial charge in [-0.15, -0.1) is 0 Å². The van der Waals surface area contributed by atoms with E-state index in [1.54, 1.807) is 48.5 Å². The van der Waals surface area contributed by atoms with Crippen LogP contribution < -0.4 is 18.9 Å². The van der Waals surface area contributed by atoms with E-state index in [4.69, 9.17) is 56.2 Å². The third-order valence-corrected chi connectivity index (χ3v) is 32.6. The van der Waals surface area contributed by atoms with Gasteiger partial charge >= 0.3 is 29.8 Å². The highest BCUT2D eigenvalue weighted by Crippen LogP contribution is 2.50. The Balaban J connectivity index is 0.000000184. The molecule has 6 unspecified atom stereocenters. The quantitative estimate of drug-likeness (QED) is 0.0136. The van der Waals surface area contributed by atoms with Gasteiger partial charge in [0.1, 0.15) is 92.2 Å². The van der Waals surface area contributed by atoms with E-state index >= 15 is 0 Å². The maximum absolute atomic E-state index is 14.3. The number of halogens is 3. The molecule has 0 bridgehead atoms. The predicted octanol–water partition coefficient (Wildman–Crippen LogP) is 30.4. The molecule has 5 aliphatic heterocycles. The van der Waals surface area contributed by atoms with Crippen molar-refractivity contribution in [3.8, 4) is 23.0 Å². The van der Waals surface area contributed by atoms with Gasteiger partial charge in [0.05, 0.1) is 6.10 Å². The molecule has 788 valence electrons. The minimum absolute atomic E-state index is 0.0124. The Morgan fingerprint density at radius 2 is 0.776 bits per heavy atom. The number of unbranched alkanes of at least 4 members (excludes halogenated alkanes) is 4. The van der Waals surface area contributed by atoms with Crippen LogP contribution in [-0.4, -0.2) is 111 Å². The van der Waals surface area contributed by atoms with E-state index in [2.05, 4.69) is 153 Å². The summed E-state index contributed by atoms with van der Waals surface area (Å²) in [6.45, 7) is 18.0. The first kappa shape index (κ1) is 118. The molecule has 4 aromatic carbocycles. The Labute approximate surface area is 866 Å². The standard InChI is InChI=1S/C24H33FO4P2.C24H40O2.C23H28F2O3.C23H34O4P2.C23H32O4P2/c1-17-13-23-22(9-4-2-3-5-10-24(26)28-23)21(17)12-11-20(29-31-30)16-27-19-8-6-7-18(14-19)15-25;1-4-5-6-7-10-13-19(2)16-17-21-20(3)18-23-22(21)14-11-8-9-12-15-24(25)26-23;1-17-15-21-20(11-7-2-3-8-12-22(26)28-21)19(17)13-14-23(24,25)16-27-18-9-5-4-6-10-18;2*1-17-15-22-21(11-7-2-3-8-12-23(24)26-22)20(17)14-13-19(27-29-28)16-25-18-9-5-4-6-10-18/h2,4,6-8,11-12,14,17,20-23,31H,3,5,9-10,13,15-16,30H2,1H3;8,11,20-23H,2,4-7,9-10,12-18H2,1,3H3;2,4-7,9-10,13-14,17,19-21H,3,8,11-12,15-16H2,1H3;2,4-7,9-10,17,19-22,29H,3,8,11-16,28H2,1H3;2,4-7,9-10,13-14,17,19-22,29H,3,8,11-12,15-16,28H2,1H3/b4-2-,12-11+;11-8-;7-2-,14-13+;7-2-;7-2-,14-13+/t17-,20-,21+,22-,23+;20-,21+,22-,23+;17-,19+,20-,21+;2*17-,19-,20+,21-,22+/m11111/s1. The van der Waals surface area contributed by atoms with Gasteiger partial charge in [-0.2, -0.15) is 8.78 Å². The highest BCUT2D eigenvalue weighted by molar-refractivity contribution is 8.00. The highest BCUT2D eigenvalue weighted by Gasteiger charge is 2.48. The maximum Gasteiger partial charge on any atom is 0.306 e. The fourth-order valence-corrected chi connectivity index (χ4v) is 25.0. The molecule has 5 aliphatic carbocycles. The summed E-state index contributed by atoms with van der Waals surface area (Å²) in [5.74, 6) is 5.11. The van der Waals surface area contributed by atoms with Crippen molar-refractivity contribution in [3.05, 3.63) is 230 Å². The van der Waals surface area contributed by atoms with Crippen LogP contribution in [0.1, 0.15) is 272 Å². The van der Waals surface area contributed by atoms with Crippen LogP contribution in [0.15, 0.2) is 225 Å². The molecular weight excluding hydrogens is 1920 g/mol. The summed E-state index contributed by atoms with van der Waals surface area (Å²) in [4.78, 5) is 60.5. The number of benzene rings is 4. The molecule has 0 saturated heterocycles. The predicted molar refractivity (Wildman–Crippen MR) is 586 cm³/mol. The zero-order valence-electron chi connectivity index (χ0n) is 85.8. The van der Waals surface area contributed by atoms with Gasteiger partial charge in [0.2, 0.25) is 0 Å². The second-order valence-electron chi connectivity index (χ2n) is 40.9. The van der Waals surface area contributed by atoms with Crippen molar-refractivity contribution < 1.29 is 93.3 Å². The minimum atomic E-state index is -3.06. The number of hydrogen-bond donors (Lipinski definition) is 0. The van der Waals surface area contributed by atoms with Crippen LogP contribution >= 0.6 is 52.3 Å². The topological polar surface area (TPSA) is 196 Å². The first-order valence-corrected chi connectivity index (χ1v) is 61.6. The Kier molecular flexibility index (Phi) is 55.2. The van der Waals surface area contributed by atoms with E-state index in [0.29, 0.717) is 157 Å². The molecule has 0 N–H and O–H groups in total. The van der Waals surface area contributed by atoms with Crippen LogP contribution in [-0.2, 0) is 67.9 Å². The zero-order valence-corrected chi connectivity index (χ0v) is 92.2. The molecule has 0 amide bonds. The number of allylic oxidation sites excluding steroid dienone is 14. The van der Waals surface area contributed by atoms with Gasteiger partial charge in [0, 0.05) is 87.2 Å². The fourth-order valence-electron chi connectivity index (χ4n) is 22.4. The summed E-state index contributed by atoms with van der Waals surface area (Å²) in [6.07, 6.45) is 66.3. The van der Waals surface area contributed by atoms with Crippen molar-refractivity contribution in [1.29, 1.82) is 0 Å². The molecular formula is C117H167F3O17P6. The molecule has 0 aromatic heterocycles. The molecule has 14 rings (SSSR count). The molecule has 26 heteroatoms. The molecule has 0 spiro atoms. The van der Waals surface area contributed by atoms with Gasteiger partial charge in [0.25, 0.3) is 5.92 Å². The number of carbonyl (C=O) groups is 5. The normalized spacial score (nSPS) is 29.9. The molecule has 5 heterocycles. The maximum atomic E-state index is 14.3. The molecule has 0 radical (unpaired) electrons. The summed E-state index contributed by atoms with van der Waals surface area (Å²) in [5.41, 5.74) is 2.02. The summed E-state index contributed by atoms with van der Waals surface area (Å²) in [5, 5.41) is 0. The third-order valence-electron chi connectivity index (χ3n) is 30.1. The molecule has 5 saturated carbocycles. The number of esters is 5. The van der Waals surface area contributed by atoms with E-state index in [-0.39, 0.29) is 111 Å². The number of hydrogen-bond acceptors (Lipinski definition) is 17. The number of carbonyl (C=O) groups excluding carboxylic acids is 5. The molecule has 17 nitrogen and oxygen atoms in total. The lowest BCUT2D eigenvalue weighted by Gasteiger charge is -2.27. The van der Waals surface area contributed by atoms with E-state index in [0.717, 1.165) is 159 Å². The van der Waals surface area contributed by atoms with E-state index in [1.165, 1.54) is 50.5 Å². The molecule has 10 aliphatic rings. The van der Waals surface area contributed by atoms with Crippen LogP contribution in [0.5, 0.6) is 23.0 Å². The first-order valence-electron chi connectivity index (χ1n) is 53.5. The number of fused-ring (bicyclic) bond motifs is 5. The van der Waals surface area contributed by atoms with Crippen molar-refractivity contribution in [2.24, 2.45) is 88.8 Å². The van der Waals surface area contributed by atoms with Gasteiger partial charge in [-0.1, -0.05) is 264 Å². The number of alkyl halides is 3. The van der Waals surface area contributed by atoms with Gasteiger partial charge in [-0.25, -0.2) is 4.39 Å². The second-order valence-corrected chi connectivity index (χ2v) is 44.4. The van der Waals surface area contributed by atoms with Crippen LogP contribution in [0.3, 0.4) is 0 Å². The fraction of sp³-hybridized carbons (Fsp3) is 0.598. The Morgan fingerprint density at radius 1 is 0.420 bits per heavy atom. The van der Waals surface area contributed by atoms with Crippen molar-refractivity contribution in [1.82, 2.24) is 0 Å². The van der Waals surface area contributed by atoms with Crippen LogP contribution in [0.25, 0.3) is 0 Å². The van der Waals surface area contributed by atoms with E-state index in [1.807, 2.05) is 79.7 Å². The van der Waals surface area contributed by atoms with Crippen molar-refractivity contribution in [3.63, 3.8) is 0 Å². The average molecular weight is 2090 g/mol. The highest BCUT2D eigenvalue weighted by atomic mass is 32.0. The summed E-state index contributed by atoms with van der Waals surface area (Å²) >= 11 is 0. The number of rotatable bonds is 37. The van der Waals surface area contributed by atoms with Crippen LogP contribution in [0.4, 0.5) is 13.2 Å². The Morgan fingerprint density at radius 3 is 1.18 bits per heavy atom. The lowest BCUT2D eigenvalue weighted by molar-refractivity contribution is -0.152. The summed E-state index contributed by atoms with van der Waals surface area (Å²) < 4.78 is 111. The van der Waals surface area contributed by atoms with Gasteiger partial charge < -0.3 is 56.2 Å². The zero-order chi connectivity index (χ0) is 102. The monoisotopic (exact) mass is 2090 g/mol. The summed E-state index contributed by atoms with van der Waals surface area (Å²) in [7, 11) is 8.84. The largest absolute Gasteiger partial charge is 0.491 e. The van der Waals surface area contributed by atoms with Crippen molar-refractivity contribution in [2.45, 2.75) is 328 Å². The van der Waals surface area contributed by atoms with Crippen LogP contribution in [0, 0.1) is 88.8 Å². The lowest BCUT2D eigenvalue weighted by atomic mass is 9.82. The van der Waals surface area contributed by atoms with Crippen molar-refractivity contribution in [2.75, 3.05) is 26.4 Å². The number of ether oxygens (including phenoxy) is 9. The van der Waals surface area contributed by atoms with E-state index < -0.39 is 19.2 Å². The van der Waals surface area contributed by atoms with E-state index in [9.17, 15) is 37.1 Å². The average Bonchev–Trinajstić information content (AvgIpc) is 1.69. The second kappa shape index (κ2) is 66.7. The number of para-hydroxylation sites is 3. The third kappa shape index (κ3) is 42.7. The lowest BCUT2D eigenvalue weighted by Crippen LogP contribution is -2.27. The van der Waals surface area contributed by atoms with Gasteiger partial charge in [-0.3, -0.25) is 24.0 Å². The molecule has 4 aromatic rings. The van der Waals surface area contributed by atoms with Crippen LogP contribution in [0.2, 0.25) is 0 Å².